The second-order valence-electron chi connectivity index (χ2n) is 4.83. The van der Waals surface area contributed by atoms with E-state index >= 15 is 0 Å². The molecule has 0 aliphatic rings. The molecule has 0 fully saturated rings. The van der Waals surface area contributed by atoms with Gasteiger partial charge in [0.25, 0.3) is 0 Å². The largest absolute Gasteiger partial charge is 0.338 e. The molecule has 1 heterocycles. The van der Waals surface area contributed by atoms with Crippen LogP contribution in [0.5, 0.6) is 0 Å². The van der Waals surface area contributed by atoms with Crippen molar-refractivity contribution >= 4 is 11.6 Å². The lowest BCUT2D eigenvalue weighted by Crippen LogP contribution is -2.18. The van der Waals surface area contributed by atoms with Gasteiger partial charge in [0.15, 0.2) is 5.82 Å². The summed E-state index contributed by atoms with van der Waals surface area (Å²) in [6, 6.07) is 7.92. The van der Waals surface area contributed by atoms with Crippen molar-refractivity contribution in [3.63, 3.8) is 0 Å². The summed E-state index contributed by atoms with van der Waals surface area (Å²) in [7, 11) is 0. The molecular weight excluding hydrogens is 262 g/mol. The van der Waals surface area contributed by atoms with Crippen molar-refractivity contribution < 1.29 is 4.52 Å². The van der Waals surface area contributed by atoms with Gasteiger partial charge in [0, 0.05) is 17.0 Å². The zero-order valence-electron chi connectivity index (χ0n) is 11.4. The van der Waals surface area contributed by atoms with Crippen LogP contribution in [-0.2, 0) is 6.54 Å². The third kappa shape index (κ3) is 3.55. The van der Waals surface area contributed by atoms with Crippen LogP contribution in [0, 0.1) is 0 Å². The molecule has 0 saturated heterocycles. The molecule has 4 nitrogen and oxygen atoms in total. The van der Waals surface area contributed by atoms with E-state index in [0.717, 1.165) is 16.4 Å². The molecule has 1 N–H and O–H groups in total. The van der Waals surface area contributed by atoms with Crippen molar-refractivity contribution in [3.05, 3.63) is 46.6 Å². The average molecular weight is 280 g/mol. The van der Waals surface area contributed by atoms with Crippen LogP contribution < -0.4 is 5.32 Å². The summed E-state index contributed by atoms with van der Waals surface area (Å²) in [4.78, 5) is 4.32. The molecule has 1 aromatic heterocycles. The number of nitrogens with one attached hydrogen (secondary N) is 1. The Hall–Kier alpha value is -1.39. The minimum Gasteiger partial charge on any atom is -0.338 e. The first-order valence-electron chi connectivity index (χ1n) is 6.38. The highest BCUT2D eigenvalue weighted by Crippen LogP contribution is 2.22. The summed E-state index contributed by atoms with van der Waals surface area (Å²) in [6.45, 7) is 6.66. The standard InChI is InChI=1S/C14H18ClN3O/c1-9(2)14-17-13(19-18-14)8-16-10(3)11-6-4-5-7-12(11)15/h4-7,9-10,16H,8H2,1-3H3/t10-/m0/s1. The highest BCUT2D eigenvalue weighted by Gasteiger charge is 2.12. The number of rotatable bonds is 5. The smallest absolute Gasteiger partial charge is 0.240 e. The van der Waals surface area contributed by atoms with Crippen molar-refractivity contribution in [2.24, 2.45) is 0 Å². The molecule has 1 aromatic carbocycles. The van der Waals surface area contributed by atoms with Gasteiger partial charge in [0.05, 0.1) is 6.54 Å². The third-order valence-electron chi connectivity index (χ3n) is 2.93. The van der Waals surface area contributed by atoms with Gasteiger partial charge >= 0.3 is 0 Å². The van der Waals surface area contributed by atoms with Crippen LogP contribution in [0.25, 0.3) is 0 Å². The Kier molecular flexibility index (Phi) is 4.56. The van der Waals surface area contributed by atoms with Crippen molar-refractivity contribution in [3.8, 4) is 0 Å². The Labute approximate surface area is 118 Å². The van der Waals surface area contributed by atoms with Gasteiger partial charge in [-0.3, -0.25) is 0 Å². The molecule has 0 spiro atoms. The lowest BCUT2D eigenvalue weighted by Gasteiger charge is -2.14. The van der Waals surface area contributed by atoms with Crippen molar-refractivity contribution in [2.75, 3.05) is 0 Å². The quantitative estimate of drug-likeness (QED) is 0.907. The van der Waals surface area contributed by atoms with Crippen molar-refractivity contribution in [1.29, 1.82) is 0 Å². The summed E-state index contributed by atoms with van der Waals surface area (Å²) in [5.74, 6) is 1.61. The molecule has 0 bridgehead atoms. The second-order valence-corrected chi connectivity index (χ2v) is 5.23. The van der Waals surface area contributed by atoms with Crippen LogP contribution in [-0.4, -0.2) is 10.1 Å². The number of benzene rings is 1. The lowest BCUT2D eigenvalue weighted by atomic mass is 10.1. The van der Waals surface area contributed by atoms with E-state index < -0.39 is 0 Å². The number of hydrogen-bond donors (Lipinski definition) is 1. The molecule has 19 heavy (non-hydrogen) atoms. The first-order valence-corrected chi connectivity index (χ1v) is 6.76. The first-order chi connectivity index (χ1) is 9.08. The van der Waals surface area contributed by atoms with E-state index in [1.165, 1.54) is 0 Å². The van der Waals surface area contributed by atoms with E-state index in [1.807, 2.05) is 38.1 Å². The Morgan fingerprint density at radius 2 is 2.00 bits per heavy atom. The molecular formula is C14H18ClN3O. The fraction of sp³-hybridized carbons (Fsp3) is 0.429. The third-order valence-corrected chi connectivity index (χ3v) is 3.28. The van der Waals surface area contributed by atoms with E-state index in [-0.39, 0.29) is 12.0 Å². The molecule has 0 aliphatic carbocycles. The van der Waals surface area contributed by atoms with Gasteiger partial charge in [-0.05, 0) is 18.6 Å². The summed E-state index contributed by atoms with van der Waals surface area (Å²) in [6.07, 6.45) is 0. The van der Waals surface area contributed by atoms with Gasteiger partial charge < -0.3 is 9.84 Å². The highest BCUT2D eigenvalue weighted by atomic mass is 35.5. The molecule has 0 radical (unpaired) electrons. The van der Waals surface area contributed by atoms with E-state index in [4.69, 9.17) is 16.1 Å². The zero-order chi connectivity index (χ0) is 13.8. The predicted molar refractivity (Wildman–Crippen MR) is 75.1 cm³/mol. The van der Waals surface area contributed by atoms with E-state index in [0.29, 0.717) is 12.4 Å². The molecule has 0 saturated carbocycles. The number of hydrogen-bond acceptors (Lipinski definition) is 4. The maximum Gasteiger partial charge on any atom is 0.240 e. The molecule has 0 unspecified atom stereocenters. The molecule has 102 valence electrons. The van der Waals surface area contributed by atoms with Crippen LogP contribution >= 0.6 is 11.6 Å². The van der Waals surface area contributed by atoms with Crippen LogP contribution in [0.15, 0.2) is 28.8 Å². The van der Waals surface area contributed by atoms with Crippen molar-refractivity contribution in [1.82, 2.24) is 15.5 Å². The zero-order valence-corrected chi connectivity index (χ0v) is 12.1. The molecule has 2 rings (SSSR count). The fourth-order valence-corrected chi connectivity index (χ4v) is 2.05. The molecule has 0 aliphatic heterocycles. The minimum absolute atomic E-state index is 0.128. The number of aromatic nitrogens is 2. The predicted octanol–water partition coefficient (Wildman–Crippen LogP) is 3.70. The van der Waals surface area contributed by atoms with Gasteiger partial charge in [0.2, 0.25) is 5.89 Å². The summed E-state index contributed by atoms with van der Waals surface area (Å²) in [5, 5.41) is 8.02. The maximum atomic E-state index is 6.16. The Morgan fingerprint density at radius 3 is 2.63 bits per heavy atom. The molecule has 5 heteroatoms. The maximum absolute atomic E-state index is 6.16. The highest BCUT2D eigenvalue weighted by molar-refractivity contribution is 6.31. The summed E-state index contributed by atoms with van der Waals surface area (Å²) < 4.78 is 5.19. The van der Waals surface area contributed by atoms with Gasteiger partial charge in [-0.1, -0.05) is 48.8 Å². The van der Waals surface area contributed by atoms with Crippen LogP contribution in [0.2, 0.25) is 5.02 Å². The fourth-order valence-electron chi connectivity index (χ4n) is 1.75. The lowest BCUT2D eigenvalue weighted by molar-refractivity contribution is 0.355. The van der Waals surface area contributed by atoms with Gasteiger partial charge in [-0.2, -0.15) is 4.98 Å². The number of halogens is 1. The number of nitrogens with zero attached hydrogens (tertiary/aromatic N) is 2. The minimum atomic E-state index is 0.128. The summed E-state index contributed by atoms with van der Waals surface area (Å²) in [5.41, 5.74) is 1.06. The van der Waals surface area contributed by atoms with Crippen molar-refractivity contribution in [2.45, 2.75) is 39.3 Å². The first kappa shape index (κ1) is 14.0. The molecule has 0 amide bonds. The van der Waals surface area contributed by atoms with E-state index in [9.17, 15) is 0 Å². The SMILES string of the molecule is CC(C)c1noc(CN[C@@H](C)c2ccccc2Cl)n1. The van der Waals surface area contributed by atoms with Crippen LogP contribution in [0.1, 0.15) is 50.0 Å². The van der Waals surface area contributed by atoms with Crippen LogP contribution in [0.4, 0.5) is 0 Å². The topological polar surface area (TPSA) is 51.0 Å². The monoisotopic (exact) mass is 279 g/mol. The van der Waals surface area contributed by atoms with E-state index in [1.54, 1.807) is 0 Å². The summed E-state index contributed by atoms with van der Waals surface area (Å²) >= 11 is 6.16. The average Bonchev–Trinajstić information content (AvgIpc) is 2.85. The molecule has 2 aromatic rings. The Morgan fingerprint density at radius 1 is 1.26 bits per heavy atom. The van der Waals surface area contributed by atoms with E-state index in [2.05, 4.69) is 22.4 Å². The van der Waals surface area contributed by atoms with Gasteiger partial charge in [0.1, 0.15) is 0 Å². The van der Waals surface area contributed by atoms with Crippen LogP contribution in [0.3, 0.4) is 0 Å². The Bertz CT molecular complexity index is 539. The van der Waals surface area contributed by atoms with Gasteiger partial charge in [-0.15, -0.1) is 0 Å². The van der Waals surface area contributed by atoms with Gasteiger partial charge in [-0.25, -0.2) is 0 Å². The normalized spacial score (nSPS) is 12.9. The second kappa shape index (κ2) is 6.17. The molecule has 1 atom stereocenters. The Balaban J connectivity index is 1.96.